The van der Waals surface area contributed by atoms with E-state index in [2.05, 4.69) is 70.5 Å². The highest BCUT2D eigenvalue weighted by Gasteiger charge is 2.39. The van der Waals surface area contributed by atoms with Crippen molar-refractivity contribution < 1.29 is 14.3 Å². The van der Waals surface area contributed by atoms with E-state index in [1.807, 2.05) is 37.8 Å². The van der Waals surface area contributed by atoms with Crippen LogP contribution in [0.25, 0.3) is 32.2 Å². The lowest BCUT2D eigenvalue weighted by Gasteiger charge is -2.30. The lowest BCUT2D eigenvalue weighted by molar-refractivity contribution is 0.0202. The van der Waals surface area contributed by atoms with Crippen molar-refractivity contribution in [3.8, 4) is 17.0 Å². The third-order valence-corrected chi connectivity index (χ3v) is 10.00. The average Bonchev–Trinajstić information content (AvgIpc) is 3.79. The van der Waals surface area contributed by atoms with E-state index in [4.69, 9.17) is 26.1 Å². The van der Waals surface area contributed by atoms with Crippen LogP contribution in [0.15, 0.2) is 77.8 Å². The minimum absolute atomic E-state index is 0.0314. The van der Waals surface area contributed by atoms with Crippen molar-refractivity contribution in [1.82, 2.24) is 14.8 Å². The molecule has 0 spiro atoms. The molecule has 1 N–H and O–H groups in total. The van der Waals surface area contributed by atoms with E-state index in [-0.39, 0.29) is 24.5 Å². The van der Waals surface area contributed by atoms with Gasteiger partial charge in [0.25, 0.3) is 0 Å². The van der Waals surface area contributed by atoms with Gasteiger partial charge in [0.05, 0.1) is 27.8 Å². The van der Waals surface area contributed by atoms with E-state index < -0.39 is 5.60 Å². The van der Waals surface area contributed by atoms with Crippen LogP contribution < -0.4 is 10.1 Å². The molecular weight excluding hydrogens is 592 g/mol. The molecule has 224 valence electrons. The second kappa shape index (κ2) is 10.4. The lowest BCUT2D eigenvalue weighted by Crippen LogP contribution is -2.48. The van der Waals surface area contributed by atoms with Gasteiger partial charge in [-0.05, 0) is 87.5 Å². The molecule has 0 radical (unpaired) electrons. The molecule has 5 aromatic rings. The van der Waals surface area contributed by atoms with Gasteiger partial charge in [0.2, 0.25) is 6.23 Å². The van der Waals surface area contributed by atoms with Gasteiger partial charge in [0.15, 0.2) is 0 Å². The summed E-state index contributed by atoms with van der Waals surface area (Å²) in [7, 11) is 0. The van der Waals surface area contributed by atoms with Crippen LogP contribution >= 0.6 is 22.9 Å². The maximum atomic E-state index is 12.9. The number of hydrogen-bond acceptors (Lipinski definition) is 6. The molecule has 7 nitrogen and oxygen atoms in total. The quantitative estimate of drug-likeness (QED) is 0.220. The van der Waals surface area contributed by atoms with Crippen LogP contribution in [-0.2, 0) is 4.74 Å². The number of hydrogen-bond donors (Lipinski definition) is 1. The van der Waals surface area contributed by atoms with Gasteiger partial charge < -0.3 is 14.4 Å². The fourth-order valence-electron chi connectivity index (χ4n) is 6.69. The second-order valence-corrected chi connectivity index (χ2v) is 14.3. The number of carbonyl (C=O) groups is 1. The number of fused-ring (bicyclic) bond motifs is 6. The summed E-state index contributed by atoms with van der Waals surface area (Å²) in [5.74, 6) is 0.828. The first-order chi connectivity index (χ1) is 21.2. The Morgan fingerprint density at radius 3 is 2.77 bits per heavy atom. The zero-order valence-electron chi connectivity index (χ0n) is 24.8. The van der Waals surface area contributed by atoms with Crippen molar-refractivity contribution in [2.45, 2.75) is 57.6 Å². The van der Waals surface area contributed by atoms with E-state index in [1.165, 1.54) is 10.1 Å². The fraction of sp³-hybridized carbons (Fsp3) is 0.314. The molecule has 44 heavy (non-hydrogen) atoms. The Kier molecular flexibility index (Phi) is 6.52. The van der Waals surface area contributed by atoms with Crippen molar-refractivity contribution in [1.29, 1.82) is 0 Å². The van der Waals surface area contributed by atoms with E-state index in [0.29, 0.717) is 18.1 Å². The summed E-state index contributed by atoms with van der Waals surface area (Å²) in [6, 6.07) is 25.3. The SMILES string of the molecule is CC(C)(C)OC(=O)N1CCCC1C1N=C(c2ccc3c(c2)OC(c2cc4ccccc4s2)n2c-3cc3cc(Cl)ccc32)CN1. The Morgan fingerprint density at radius 2 is 1.93 bits per heavy atom. The predicted octanol–water partition coefficient (Wildman–Crippen LogP) is 8.23. The van der Waals surface area contributed by atoms with E-state index in [9.17, 15) is 4.79 Å². The van der Waals surface area contributed by atoms with Crippen LogP contribution in [0.1, 0.15) is 50.3 Å². The Morgan fingerprint density at radius 1 is 1.07 bits per heavy atom. The number of likely N-dealkylation sites (tertiary alicyclic amines) is 1. The topological polar surface area (TPSA) is 68.1 Å². The number of aromatic nitrogens is 1. The molecule has 3 aliphatic heterocycles. The minimum Gasteiger partial charge on any atom is -0.464 e. The summed E-state index contributed by atoms with van der Waals surface area (Å²) in [4.78, 5) is 21.0. The van der Waals surface area contributed by atoms with E-state index in [0.717, 1.165) is 56.9 Å². The number of nitrogens with one attached hydrogen (secondary N) is 1. The normalized spacial score (nSPS) is 21.3. The number of nitrogens with zero attached hydrogens (tertiary/aromatic N) is 3. The maximum Gasteiger partial charge on any atom is 0.410 e. The third-order valence-electron chi connectivity index (χ3n) is 8.62. The fourth-order valence-corrected chi connectivity index (χ4v) is 7.95. The average molecular weight is 625 g/mol. The zero-order chi connectivity index (χ0) is 30.2. The van der Waals surface area contributed by atoms with Crippen LogP contribution in [-0.4, -0.2) is 52.2 Å². The van der Waals surface area contributed by atoms with Gasteiger partial charge in [-0.1, -0.05) is 35.9 Å². The van der Waals surface area contributed by atoms with Crippen molar-refractivity contribution in [2.75, 3.05) is 13.1 Å². The molecule has 1 saturated heterocycles. The number of thiophene rings is 1. The molecule has 3 atom stereocenters. The monoisotopic (exact) mass is 624 g/mol. The molecule has 2 aromatic heterocycles. The number of benzene rings is 3. The molecule has 0 aliphatic carbocycles. The summed E-state index contributed by atoms with van der Waals surface area (Å²) >= 11 is 8.17. The second-order valence-electron chi connectivity index (χ2n) is 12.8. The van der Waals surface area contributed by atoms with Crippen molar-refractivity contribution >= 4 is 55.7 Å². The molecule has 0 saturated carbocycles. The van der Waals surface area contributed by atoms with Gasteiger partial charge in [-0.15, -0.1) is 11.3 Å². The molecule has 3 aromatic carbocycles. The highest BCUT2D eigenvalue weighted by Crippen LogP contribution is 2.46. The first kappa shape index (κ1) is 27.7. The zero-order valence-corrected chi connectivity index (χ0v) is 26.4. The van der Waals surface area contributed by atoms with Gasteiger partial charge in [-0.2, -0.15) is 0 Å². The lowest BCUT2D eigenvalue weighted by atomic mass is 10.0. The molecule has 0 bridgehead atoms. The first-order valence-electron chi connectivity index (χ1n) is 15.1. The van der Waals surface area contributed by atoms with Crippen LogP contribution in [0.2, 0.25) is 5.02 Å². The number of amides is 1. The number of carbonyl (C=O) groups excluding carboxylic acids is 1. The van der Waals surface area contributed by atoms with Gasteiger partial charge in [-0.3, -0.25) is 14.9 Å². The Bertz CT molecular complexity index is 1940. The summed E-state index contributed by atoms with van der Waals surface area (Å²) in [6.07, 6.45) is 1.08. The van der Waals surface area contributed by atoms with Crippen LogP contribution in [0.3, 0.4) is 0 Å². The van der Waals surface area contributed by atoms with Gasteiger partial charge in [-0.25, -0.2) is 4.79 Å². The number of ether oxygens (including phenoxy) is 2. The summed E-state index contributed by atoms with van der Waals surface area (Å²) < 4.78 is 16.1. The molecular formula is C35H33ClN4O3S. The van der Waals surface area contributed by atoms with Gasteiger partial charge in [0.1, 0.15) is 17.5 Å². The number of aliphatic imine (C=N–C) groups is 1. The molecule has 9 heteroatoms. The summed E-state index contributed by atoms with van der Waals surface area (Å²) in [6.45, 7) is 7.02. The smallest absolute Gasteiger partial charge is 0.410 e. The summed E-state index contributed by atoms with van der Waals surface area (Å²) in [5, 5.41) is 6.56. The van der Waals surface area contributed by atoms with Crippen molar-refractivity contribution in [3.05, 3.63) is 88.3 Å². The Balaban J connectivity index is 1.15. The van der Waals surface area contributed by atoms with Crippen LogP contribution in [0, 0.1) is 0 Å². The predicted molar refractivity (Wildman–Crippen MR) is 177 cm³/mol. The van der Waals surface area contributed by atoms with Crippen LogP contribution in [0.5, 0.6) is 5.75 Å². The highest BCUT2D eigenvalue weighted by molar-refractivity contribution is 7.19. The van der Waals surface area contributed by atoms with Gasteiger partial charge in [0, 0.05) is 39.3 Å². The van der Waals surface area contributed by atoms with Crippen LogP contribution in [0.4, 0.5) is 4.79 Å². The molecule has 1 fully saturated rings. The molecule has 3 aliphatic rings. The maximum absolute atomic E-state index is 12.9. The highest BCUT2D eigenvalue weighted by atomic mass is 35.5. The standard InChI is InChI=1S/C35H33ClN4O3S/c1-35(2,3)43-34(41)39-14-6-8-27(39)32-37-19-25(38-32)20-10-12-24-28-16-22-15-23(36)11-13-26(22)40(28)33(42-29(24)17-20)31-18-21-7-4-5-9-30(21)44-31/h4-5,7,9-13,15-18,27,32-33,37H,6,8,14,19H2,1-3H3. The molecule has 3 unspecified atom stereocenters. The van der Waals surface area contributed by atoms with Crippen molar-refractivity contribution in [2.24, 2.45) is 4.99 Å². The van der Waals surface area contributed by atoms with E-state index >= 15 is 0 Å². The molecule has 5 heterocycles. The van der Waals surface area contributed by atoms with Crippen molar-refractivity contribution in [3.63, 3.8) is 0 Å². The summed E-state index contributed by atoms with van der Waals surface area (Å²) in [5.41, 5.74) is 4.67. The van der Waals surface area contributed by atoms with E-state index in [1.54, 1.807) is 11.3 Å². The third kappa shape index (κ3) is 4.76. The van der Waals surface area contributed by atoms with Gasteiger partial charge >= 0.3 is 6.09 Å². The Hall–Kier alpha value is -3.85. The Labute approximate surface area is 265 Å². The molecule has 1 amide bonds. The largest absolute Gasteiger partial charge is 0.464 e. The molecule has 8 rings (SSSR count). The minimum atomic E-state index is -0.531. The first-order valence-corrected chi connectivity index (χ1v) is 16.3. The number of halogens is 1. The number of rotatable bonds is 3.